The zero-order valence-electron chi connectivity index (χ0n) is 16.6. The monoisotopic (exact) mass is 464 g/mol. The molecule has 0 aliphatic carbocycles. The van der Waals surface area contributed by atoms with Crippen LogP contribution >= 0.6 is 0 Å². The zero-order valence-corrected chi connectivity index (χ0v) is 19.1. The first-order valence-electron chi connectivity index (χ1n) is 8.95. The lowest BCUT2D eigenvalue weighted by Crippen LogP contribution is -2.38. The standard InChI is InChI=1S/C17H24N2O7S3/c1-12-9-13(19-16(20)17(2,3)11-28(19,23)24)5-6-15(12)29(25,26)18(4)14-7-8-27(21,22)10-14/h5-6,9,14H,7-8,10-11H2,1-4H3/t14-/m1/s1. The number of benzene rings is 1. The molecule has 0 aromatic heterocycles. The smallest absolute Gasteiger partial charge is 0.247 e. The summed E-state index contributed by atoms with van der Waals surface area (Å²) in [6, 6.07) is 3.25. The SMILES string of the molecule is Cc1cc(N2C(=O)C(C)(C)CS2(=O)=O)ccc1S(=O)(=O)N(C)[C@@H]1CCS(=O)(=O)C1. The van der Waals surface area contributed by atoms with Gasteiger partial charge in [-0.15, -0.1) is 0 Å². The highest BCUT2D eigenvalue weighted by Gasteiger charge is 2.50. The predicted octanol–water partition coefficient (Wildman–Crippen LogP) is 0.505. The third-order valence-corrected chi connectivity index (χ3v) is 11.2. The molecular formula is C17H24N2O7S3. The second-order valence-electron chi connectivity index (χ2n) is 8.24. The van der Waals surface area contributed by atoms with Crippen molar-refractivity contribution in [1.82, 2.24) is 4.31 Å². The van der Waals surface area contributed by atoms with Crippen molar-refractivity contribution >= 4 is 41.5 Å². The highest BCUT2D eigenvalue weighted by atomic mass is 32.2. The summed E-state index contributed by atoms with van der Waals surface area (Å²) < 4.78 is 76.1. The lowest BCUT2D eigenvalue weighted by atomic mass is 9.95. The summed E-state index contributed by atoms with van der Waals surface area (Å²) in [6.45, 7) is 4.60. The molecule has 12 heteroatoms. The molecular weight excluding hydrogens is 440 g/mol. The van der Waals surface area contributed by atoms with E-state index < -0.39 is 47.2 Å². The Morgan fingerprint density at radius 3 is 2.24 bits per heavy atom. The number of hydrogen-bond acceptors (Lipinski definition) is 7. The van der Waals surface area contributed by atoms with E-state index in [9.17, 15) is 30.0 Å². The Hall–Kier alpha value is -1.50. The molecule has 1 aromatic rings. The topological polar surface area (TPSA) is 126 Å². The third-order valence-electron chi connectivity index (χ3n) is 5.36. The highest BCUT2D eigenvalue weighted by Crippen LogP contribution is 2.37. The van der Waals surface area contributed by atoms with Crippen molar-refractivity contribution in [2.45, 2.75) is 38.1 Å². The molecule has 0 radical (unpaired) electrons. The van der Waals surface area contributed by atoms with E-state index in [4.69, 9.17) is 0 Å². The van der Waals surface area contributed by atoms with E-state index in [0.29, 0.717) is 0 Å². The summed E-state index contributed by atoms with van der Waals surface area (Å²) in [7, 11) is -9.76. The molecule has 2 heterocycles. The number of sulfonamides is 2. The number of hydrogen-bond donors (Lipinski definition) is 0. The number of anilines is 1. The molecule has 0 saturated carbocycles. The number of nitrogens with zero attached hydrogens (tertiary/aromatic N) is 2. The van der Waals surface area contributed by atoms with E-state index in [1.54, 1.807) is 13.8 Å². The van der Waals surface area contributed by atoms with Crippen LogP contribution in [0.3, 0.4) is 0 Å². The van der Waals surface area contributed by atoms with Crippen molar-refractivity contribution in [3.8, 4) is 0 Å². The molecule has 2 saturated heterocycles. The Morgan fingerprint density at radius 1 is 1.17 bits per heavy atom. The van der Waals surface area contributed by atoms with Gasteiger partial charge in [0.05, 0.1) is 33.3 Å². The lowest BCUT2D eigenvalue weighted by Gasteiger charge is -2.24. The number of carbonyl (C=O) groups excluding carboxylic acids is 1. The van der Waals surface area contributed by atoms with Gasteiger partial charge in [0.25, 0.3) is 0 Å². The second-order valence-corrected chi connectivity index (χ2v) is 14.2. The van der Waals surface area contributed by atoms with Gasteiger partial charge in [-0.25, -0.2) is 29.6 Å². The first-order valence-corrected chi connectivity index (χ1v) is 13.8. The molecule has 162 valence electrons. The summed E-state index contributed by atoms with van der Waals surface area (Å²) in [5, 5.41) is 0. The normalized spacial score (nSPS) is 25.6. The summed E-state index contributed by atoms with van der Waals surface area (Å²) in [5.41, 5.74) is -0.711. The van der Waals surface area contributed by atoms with Gasteiger partial charge >= 0.3 is 0 Å². The Bertz CT molecular complexity index is 1190. The Kier molecular flexibility index (Phi) is 5.17. The lowest BCUT2D eigenvalue weighted by molar-refractivity contribution is -0.123. The minimum Gasteiger partial charge on any atom is -0.273 e. The Morgan fingerprint density at radius 2 is 1.79 bits per heavy atom. The fraction of sp³-hybridized carbons (Fsp3) is 0.588. The van der Waals surface area contributed by atoms with Gasteiger partial charge in [-0.05, 0) is 51.0 Å². The molecule has 29 heavy (non-hydrogen) atoms. The minimum absolute atomic E-state index is 0.0554. The maximum atomic E-state index is 13.0. The van der Waals surface area contributed by atoms with E-state index in [0.717, 1.165) is 8.61 Å². The van der Waals surface area contributed by atoms with E-state index in [2.05, 4.69) is 0 Å². The van der Waals surface area contributed by atoms with Crippen molar-refractivity contribution in [2.75, 3.05) is 28.6 Å². The fourth-order valence-corrected chi connectivity index (χ4v) is 9.28. The maximum Gasteiger partial charge on any atom is 0.247 e. The molecule has 1 amide bonds. The van der Waals surface area contributed by atoms with E-state index in [1.165, 1.54) is 32.2 Å². The minimum atomic E-state index is -3.99. The van der Waals surface area contributed by atoms with Crippen LogP contribution in [0.4, 0.5) is 5.69 Å². The van der Waals surface area contributed by atoms with Crippen LogP contribution in [-0.4, -0.2) is 65.8 Å². The molecule has 2 aliphatic rings. The van der Waals surface area contributed by atoms with Gasteiger partial charge in [0.2, 0.25) is 26.0 Å². The molecule has 1 aromatic carbocycles. The first kappa shape index (κ1) is 22.2. The van der Waals surface area contributed by atoms with E-state index in [1.807, 2.05) is 0 Å². The van der Waals surface area contributed by atoms with Gasteiger partial charge in [0.15, 0.2) is 9.84 Å². The fourth-order valence-electron chi connectivity index (χ4n) is 3.72. The molecule has 3 rings (SSSR count). The average molecular weight is 465 g/mol. The van der Waals surface area contributed by atoms with Crippen molar-refractivity contribution in [2.24, 2.45) is 5.41 Å². The molecule has 9 nitrogen and oxygen atoms in total. The van der Waals surface area contributed by atoms with Crippen LogP contribution in [0, 0.1) is 12.3 Å². The van der Waals surface area contributed by atoms with E-state index >= 15 is 0 Å². The van der Waals surface area contributed by atoms with Gasteiger partial charge in [-0.3, -0.25) is 4.79 Å². The number of sulfone groups is 1. The van der Waals surface area contributed by atoms with Crippen molar-refractivity contribution in [1.29, 1.82) is 0 Å². The largest absolute Gasteiger partial charge is 0.273 e. The molecule has 0 N–H and O–H groups in total. The van der Waals surface area contributed by atoms with Crippen molar-refractivity contribution < 1.29 is 30.0 Å². The van der Waals surface area contributed by atoms with E-state index in [-0.39, 0.29) is 39.8 Å². The molecule has 2 fully saturated rings. The van der Waals surface area contributed by atoms with Gasteiger partial charge in [0.1, 0.15) is 0 Å². The quantitative estimate of drug-likeness (QED) is 0.635. The molecule has 2 aliphatic heterocycles. The van der Waals surface area contributed by atoms with Crippen LogP contribution in [0.25, 0.3) is 0 Å². The summed E-state index contributed by atoms with van der Waals surface area (Å²) in [4.78, 5) is 12.5. The van der Waals surface area contributed by atoms with Crippen molar-refractivity contribution in [3.63, 3.8) is 0 Å². The van der Waals surface area contributed by atoms with Crippen LogP contribution in [0.1, 0.15) is 25.8 Å². The number of aryl methyl sites for hydroxylation is 1. The second kappa shape index (κ2) is 6.76. The summed E-state index contributed by atoms with van der Waals surface area (Å²) in [6.07, 6.45) is 0.227. The maximum absolute atomic E-state index is 13.0. The number of amides is 1. The number of rotatable bonds is 4. The van der Waals surface area contributed by atoms with Gasteiger partial charge in [-0.1, -0.05) is 0 Å². The zero-order chi connectivity index (χ0) is 22.0. The molecule has 0 bridgehead atoms. The van der Waals surface area contributed by atoms with Gasteiger partial charge < -0.3 is 0 Å². The van der Waals surface area contributed by atoms with Gasteiger partial charge in [0, 0.05) is 13.1 Å². The molecule has 1 atom stereocenters. The van der Waals surface area contributed by atoms with Crippen LogP contribution in [-0.2, 0) is 34.7 Å². The van der Waals surface area contributed by atoms with Crippen LogP contribution in [0.2, 0.25) is 0 Å². The molecule has 0 unspecified atom stereocenters. The Labute approximate surface area is 171 Å². The Balaban J connectivity index is 1.97. The summed E-state index contributed by atoms with van der Waals surface area (Å²) >= 11 is 0. The van der Waals surface area contributed by atoms with Gasteiger partial charge in [-0.2, -0.15) is 4.31 Å². The predicted molar refractivity (Wildman–Crippen MR) is 108 cm³/mol. The van der Waals surface area contributed by atoms with Crippen LogP contribution in [0.5, 0.6) is 0 Å². The molecule has 0 spiro atoms. The highest BCUT2D eigenvalue weighted by molar-refractivity contribution is 7.94. The third kappa shape index (κ3) is 3.82. The van der Waals surface area contributed by atoms with Crippen LogP contribution in [0.15, 0.2) is 23.1 Å². The number of carbonyl (C=O) groups is 1. The van der Waals surface area contributed by atoms with Crippen LogP contribution < -0.4 is 4.31 Å². The summed E-state index contributed by atoms with van der Waals surface area (Å²) in [5.74, 6) is -1.17. The first-order chi connectivity index (χ1) is 13.1. The average Bonchev–Trinajstić information content (AvgIpc) is 2.99. The van der Waals surface area contributed by atoms with Crippen molar-refractivity contribution in [3.05, 3.63) is 23.8 Å².